The van der Waals surface area contributed by atoms with Gasteiger partial charge in [-0.1, -0.05) is 17.7 Å². The number of amides is 2. The van der Waals surface area contributed by atoms with E-state index < -0.39 is 0 Å². The van der Waals surface area contributed by atoms with Gasteiger partial charge in [0.05, 0.1) is 12.1 Å². The molecule has 130 valence electrons. The van der Waals surface area contributed by atoms with E-state index in [4.69, 9.17) is 0 Å². The van der Waals surface area contributed by atoms with Gasteiger partial charge >= 0.3 is 0 Å². The highest BCUT2D eigenvalue weighted by Gasteiger charge is 2.23. The predicted molar refractivity (Wildman–Crippen MR) is 96.4 cm³/mol. The Morgan fingerprint density at radius 1 is 1.08 bits per heavy atom. The van der Waals surface area contributed by atoms with Gasteiger partial charge in [0.15, 0.2) is 0 Å². The average molecular weight is 338 g/mol. The van der Waals surface area contributed by atoms with Crippen LogP contribution in [0.4, 0.5) is 5.69 Å². The third kappa shape index (κ3) is 4.64. The zero-order chi connectivity index (χ0) is 17.6. The van der Waals surface area contributed by atoms with E-state index in [1.54, 1.807) is 24.5 Å². The molecule has 0 atom stereocenters. The fourth-order valence-electron chi connectivity index (χ4n) is 2.82. The van der Waals surface area contributed by atoms with Crippen LogP contribution in [0.25, 0.3) is 0 Å². The van der Waals surface area contributed by atoms with Crippen LogP contribution in [0.5, 0.6) is 0 Å². The van der Waals surface area contributed by atoms with Crippen molar-refractivity contribution in [2.45, 2.75) is 6.92 Å². The Labute approximate surface area is 147 Å². The number of anilines is 1. The molecular formula is C19H22N4O2. The van der Waals surface area contributed by atoms with Crippen LogP contribution < -0.4 is 5.32 Å². The van der Waals surface area contributed by atoms with Crippen molar-refractivity contribution in [3.05, 3.63) is 59.9 Å². The third-order valence-electron chi connectivity index (χ3n) is 4.27. The van der Waals surface area contributed by atoms with Gasteiger partial charge in [-0.15, -0.1) is 0 Å². The molecule has 1 fully saturated rings. The monoisotopic (exact) mass is 338 g/mol. The lowest BCUT2D eigenvalue weighted by Crippen LogP contribution is -2.50. The van der Waals surface area contributed by atoms with E-state index in [1.807, 2.05) is 36.1 Å². The number of aryl methyl sites for hydroxylation is 1. The number of nitrogens with one attached hydrogen (secondary N) is 1. The van der Waals surface area contributed by atoms with Crippen LogP contribution in [0.15, 0.2) is 48.8 Å². The lowest BCUT2D eigenvalue weighted by molar-refractivity contribution is -0.117. The Morgan fingerprint density at radius 3 is 2.44 bits per heavy atom. The molecule has 0 saturated carbocycles. The van der Waals surface area contributed by atoms with Crippen molar-refractivity contribution in [1.29, 1.82) is 0 Å². The first kappa shape index (κ1) is 17.1. The van der Waals surface area contributed by atoms with Crippen LogP contribution in [-0.2, 0) is 4.79 Å². The Kier molecular flexibility index (Phi) is 5.40. The van der Waals surface area contributed by atoms with E-state index in [2.05, 4.69) is 15.2 Å². The Hall–Kier alpha value is -2.73. The largest absolute Gasteiger partial charge is 0.336 e. The van der Waals surface area contributed by atoms with E-state index in [1.165, 1.54) is 0 Å². The van der Waals surface area contributed by atoms with Crippen molar-refractivity contribution in [3.63, 3.8) is 0 Å². The molecule has 1 aliphatic heterocycles. The molecule has 2 heterocycles. The Balaban J connectivity index is 1.46. The molecule has 2 aromatic rings. The standard InChI is InChI=1S/C19H22N4O2/c1-15-4-6-17(7-5-15)21-18(24)14-22-9-11-23(12-10-22)19(25)16-3-2-8-20-13-16/h2-8,13H,9-12,14H2,1H3,(H,21,24). The Morgan fingerprint density at radius 2 is 1.80 bits per heavy atom. The summed E-state index contributed by atoms with van der Waals surface area (Å²) in [5.74, 6) is -0.0345. The topological polar surface area (TPSA) is 65.5 Å². The van der Waals surface area contributed by atoms with E-state index in [0.717, 1.165) is 11.3 Å². The number of carbonyl (C=O) groups excluding carboxylic acids is 2. The van der Waals surface area contributed by atoms with Crippen LogP contribution in [0.3, 0.4) is 0 Å². The lowest BCUT2D eigenvalue weighted by Gasteiger charge is -2.34. The molecule has 0 unspecified atom stereocenters. The van der Waals surface area contributed by atoms with Crippen molar-refractivity contribution in [1.82, 2.24) is 14.8 Å². The van der Waals surface area contributed by atoms with Crippen molar-refractivity contribution in [3.8, 4) is 0 Å². The molecule has 6 nitrogen and oxygen atoms in total. The van der Waals surface area contributed by atoms with E-state index in [9.17, 15) is 9.59 Å². The van der Waals surface area contributed by atoms with Gasteiger partial charge in [-0.3, -0.25) is 19.5 Å². The molecule has 2 amide bonds. The van der Waals surface area contributed by atoms with Gasteiger partial charge in [0.25, 0.3) is 5.91 Å². The number of piperazine rings is 1. The molecule has 3 rings (SSSR count). The number of rotatable bonds is 4. The molecule has 1 saturated heterocycles. The molecule has 1 aliphatic rings. The minimum atomic E-state index is -0.0316. The van der Waals surface area contributed by atoms with Gasteiger partial charge in [-0.25, -0.2) is 0 Å². The maximum absolute atomic E-state index is 12.4. The number of pyridine rings is 1. The highest BCUT2D eigenvalue weighted by atomic mass is 16.2. The molecular weight excluding hydrogens is 316 g/mol. The van der Waals surface area contributed by atoms with Gasteiger partial charge in [-0.05, 0) is 31.2 Å². The number of nitrogens with zero attached hydrogens (tertiary/aromatic N) is 3. The first-order chi connectivity index (χ1) is 12.1. The Bertz CT molecular complexity index is 723. The summed E-state index contributed by atoms with van der Waals surface area (Å²) >= 11 is 0. The fourth-order valence-corrected chi connectivity index (χ4v) is 2.82. The van der Waals surface area contributed by atoms with Crippen LogP contribution in [0, 0.1) is 6.92 Å². The minimum Gasteiger partial charge on any atom is -0.336 e. The second-order valence-corrected chi connectivity index (χ2v) is 6.22. The van der Waals surface area contributed by atoms with Crippen molar-refractivity contribution in [2.75, 3.05) is 38.0 Å². The van der Waals surface area contributed by atoms with Crippen molar-refractivity contribution < 1.29 is 9.59 Å². The molecule has 0 radical (unpaired) electrons. The second kappa shape index (κ2) is 7.90. The van der Waals surface area contributed by atoms with Crippen LogP contribution >= 0.6 is 0 Å². The lowest BCUT2D eigenvalue weighted by atomic mass is 10.2. The molecule has 0 aliphatic carbocycles. The van der Waals surface area contributed by atoms with Gasteiger partial charge in [0, 0.05) is 44.3 Å². The number of hydrogen-bond acceptors (Lipinski definition) is 4. The number of aromatic nitrogens is 1. The maximum Gasteiger partial charge on any atom is 0.255 e. The fraction of sp³-hybridized carbons (Fsp3) is 0.316. The summed E-state index contributed by atoms with van der Waals surface area (Å²) in [7, 11) is 0. The number of hydrogen-bond donors (Lipinski definition) is 1. The smallest absolute Gasteiger partial charge is 0.255 e. The quantitative estimate of drug-likeness (QED) is 0.923. The van der Waals surface area contributed by atoms with Crippen molar-refractivity contribution in [2.24, 2.45) is 0 Å². The first-order valence-corrected chi connectivity index (χ1v) is 8.40. The second-order valence-electron chi connectivity index (χ2n) is 6.22. The van der Waals surface area contributed by atoms with Crippen LogP contribution in [-0.4, -0.2) is 59.3 Å². The molecule has 6 heteroatoms. The molecule has 25 heavy (non-hydrogen) atoms. The summed E-state index contributed by atoms with van der Waals surface area (Å²) in [6.07, 6.45) is 3.24. The normalized spacial score (nSPS) is 15.0. The molecule has 0 spiro atoms. The predicted octanol–water partition coefficient (Wildman–Crippen LogP) is 1.79. The highest BCUT2D eigenvalue weighted by molar-refractivity contribution is 5.94. The van der Waals surface area contributed by atoms with E-state index in [-0.39, 0.29) is 11.8 Å². The third-order valence-corrected chi connectivity index (χ3v) is 4.27. The minimum absolute atomic E-state index is 0.00291. The summed E-state index contributed by atoms with van der Waals surface area (Å²) < 4.78 is 0. The zero-order valence-electron chi connectivity index (χ0n) is 14.3. The summed E-state index contributed by atoms with van der Waals surface area (Å²) in [4.78, 5) is 32.4. The SMILES string of the molecule is Cc1ccc(NC(=O)CN2CCN(C(=O)c3cccnc3)CC2)cc1. The van der Waals surface area contributed by atoms with E-state index >= 15 is 0 Å². The summed E-state index contributed by atoms with van der Waals surface area (Å²) in [5.41, 5.74) is 2.57. The highest BCUT2D eigenvalue weighted by Crippen LogP contribution is 2.10. The summed E-state index contributed by atoms with van der Waals surface area (Å²) in [6.45, 7) is 4.96. The average Bonchev–Trinajstić information content (AvgIpc) is 2.64. The summed E-state index contributed by atoms with van der Waals surface area (Å²) in [5, 5.41) is 2.91. The van der Waals surface area contributed by atoms with Gasteiger partial charge in [-0.2, -0.15) is 0 Å². The number of carbonyl (C=O) groups is 2. The zero-order valence-corrected chi connectivity index (χ0v) is 14.3. The van der Waals surface area contributed by atoms with E-state index in [0.29, 0.717) is 38.3 Å². The summed E-state index contributed by atoms with van der Waals surface area (Å²) in [6, 6.07) is 11.3. The molecule has 1 aromatic carbocycles. The first-order valence-electron chi connectivity index (χ1n) is 8.40. The molecule has 1 aromatic heterocycles. The van der Waals surface area contributed by atoms with Crippen LogP contribution in [0.2, 0.25) is 0 Å². The van der Waals surface area contributed by atoms with Crippen molar-refractivity contribution >= 4 is 17.5 Å². The maximum atomic E-state index is 12.4. The molecule has 0 bridgehead atoms. The van der Waals surface area contributed by atoms with Gasteiger partial charge in [0.2, 0.25) is 5.91 Å². The molecule has 1 N–H and O–H groups in total. The number of benzene rings is 1. The van der Waals surface area contributed by atoms with Gasteiger partial charge < -0.3 is 10.2 Å². The van der Waals surface area contributed by atoms with Crippen LogP contribution in [0.1, 0.15) is 15.9 Å². The van der Waals surface area contributed by atoms with Gasteiger partial charge in [0.1, 0.15) is 0 Å².